The molecule has 5 nitrogen and oxygen atoms in total. The van der Waals surface area contributed by atoms with Crippen molar-refractivity contribution in [3.63, 3.8) is 0 Å². The predicted octanol–water partition coefficient (Wildman–Crippen LogP) is 5.38. The number of ketones is 1. The lowest BCUT2D eigenvalue weighted by Crippen LogP contribution is -2.13. The van der Waals surface area contributed by atoms with E-state index in [1.54, 1.807) is 19.2 Å². The molecule has 0 bridgehead atoms. The fourth-order valence-corrected chi connectivity index (χ4v) is 3.06. The molecular formula is C26H22N2O3. The zero-order chi connectivity index (χ0) is 21.6. The molecule has 1 aromatic heterocycles. The molecule has 0 aliphatic carbocycles. The molecule has 4 aromatic rings. The zero-order valence-electron chi connectivity index (χ0n) is 17.4. The first kappa shape index (κ1) is 20.3. The van der Waals surface area contributed by atoms with Crippen LogP contribution in [0.3, 0.4) is 0 Å². The largest absolute Gasteiger partial charge is 0.497 e. The Balaban J connectivity index is 1.60. The van der Waals surface area contributed by atoms with E-state index in [1.807, 2.05) is 79.7 Å². The second-order valence-corrected chi connectivity index (χ2v) is 7.09. The van der Waals surface area contributed by atoms with Crippen molar-refractivity contribution in [3.05, 3.63) is 95.2 Å². The van der Waals surface area contributed by atoms with Crippen molar-refractivity contribution in [2.24, 2.45) is 0 Å². The summed E-state index contributed by atoms with van der Waals surface area (Å²) in [5.74, 6) is 1.00. The smallest absolute Gasteiger partial charge is 0.241 e. The van der Waals surface area contributed by atoms with Crippen LogP contribution in [0.15, 0.2) is 72.8 Å². The van der Waals surface area contributed by atoms with Crippen molar-refractivity contribution in [2.45, 2.75) is 6.92 Å². The average Bonchev–Trinajstić information content (AvgIpc) is 2.81. The van der Waals surface area contributed by atoms with Crippen LogP contribution in [0, 0.1) is 6.92 Å². The maximum absolute atomic E-state index is 12.5. The van der Waals surface area contributed by atoms with Gasteiger partial charge in [-0.15, -0.1) is 0 Å². The summed E-state index contributed by atoms with van der Waals surface area (Å²) in [7, 11) is 1.64. The maximum Gasteiger partial charge on any atom is 0.241 e. The van der Waals surface area contributed by atoms with Crippen LogP contribution >= 0.6 is 0 Å². The number of fused-ring (bicyclic) bond motifs is 1. The Bertz CT molecular complexity index is 1230. The number of ether oxygens (including phenoxy) is 2. The number of hydrogen-bond donors (Lipinski definition) is 0. The van der Waals surface area contributed by atoms with Crippen LogP contribution in [0.25, 0.3) is 23.2 Å². The van der Waals surface area contributed by atoms with Gasteiger partial charge in [-0.05, 0) is 42.8 Å². The number of benzene rings is 3. The molecule has 0 aliphatic heterocycles. The lowest BCUT2D eigenvalue weighted by Gasteiger charge is -2.09. The Labute approximate surface area is 181 Å². The second kappa shape index (κ2) is 9.22. The van der Waals surface area contributed by atoms with Crippen LogP contribution in [-0.4, -0.2) is 29.5 Å². The molecule has 0 atom stereocenters. The SMILES string of the molecule is COc1ccc(/C=C\c2nc3ccccc3nc2OCC(=O)c2ccc(C)cc2)cc1. The number of nitrogens with zero attached hydrogens (tertiary/aromatic N) is 2. The van der Waals surface area contributed by atoms with Gasteiger partial charge in [0.25, 0.3) is 0 Å². The van der Waals surface area contributed by atoms with Crippen molar-refractivity contribution in [1.82, 2.24) is 9.97 Å². The van der Waals surface area contributed by atoms with E-state index in [0.29, 0.717) is 22.7 Å². The topological polar surface area (TPSA) is 61.3 Å². The van der Waals surface area contributed by atoms with Crippen molar-refractivity contribution in [1.29, 1.82) is 0 Å². The average molecular weight is 410 g/mol. The summed E-state index contributed by atoms with van der Waals surface area (Å²) in [6.45, 7) is 1.87. The van der Waals surface area contributed by atoms with Gasteiger partial charge in [0.1, 0.15) is 11.4 Å². The van der Waals surface area contributed by atoms with Gasteiger partial charge in [-0.2, -0.15) is 0 Å². The number of aryl methyl sites for hydroxylation is 1. The van der Waals surface area contributed by atoms with Gasteiger partial charge in [-0.25, -0.2) is 9.97 Å². The number of carbonyl (C=O) groups is 1. The summed E-state index contributed by atoms with van der Waals surface area (Å²) in [6, 6.07) is 22.7. The van der Waals surface area contributed by atoms with Gasteiger partial charge in [0.2, 0.25) is 5.88 Å². The molecule has 3 aromatic carbocycles. The number of rotatable bonds is 7. The van der Waals surface area contributed by atoms with Crippen molar-refractivity contribution >= 4 is 29.0 Å². The summed E-state index contributed by atoms with van der Waals surface area (Å²) in [6.07, 6.45) is 3.76. The minimum Gasteiger partial charge on any atom is -0.497 e. The number of Topliss-reactive ketones (excluding diaryl/α,β-unsaturated/α-hetero) is 1. The molecule has 154 valence electrons. The standard InChI is InChI=1S/C26H22N2O3/c1-18-7-12-20(13-8-18)25(29)17-31-26-24(27-22-5-3-4-6-23(22)28-26)16-11-19-9-14-21(30-2)15-10-19/h3-16H,17H2,1-2H3/b16-11-. The van der Waals surface area contributed by atoms with E-state index in [2.05, 4.69) is 9.97 Å². The summed E-state index contributed by atoms with van der Waals surface area (Å²) in [5, 5.41) is 0. The first-order chi connectivity index (χ1) is 15.1. The molecule has 0 radical (unpaired) electrons. The predicted molar refractivity (Wildman–Crippen MR) is 122 cm³/mol. The third kappa shape index (κ3) is 4.95. The van der Waals surface area contributed by atoms with Crippen LogP contribution < -0.4 is 9.47 Å². The minimum atomic E-state index is -0.112. The summed E-state index contributed by atoms with van der Waals surface area (Å²) < 4.78 is 11.0. The fraction of sp³-hybridized carbons (Fsp3) is 0.115. The van der Waals surface area contributed by atoms with Crippen molar-refractivity contribution < 1.29 is 14.3 Å². The van der Waals surface area contributed by atoms with E-state index in [0.717, 1.165) is 22.4 Å². The molecule has 0 saturated carbocycles. The normalized spacial score (nSPS) is 11.0. The van der Waals surface area contributed by atoms with E-state index in [9.17, 15) is 4.79 Å². The summed E-state index contributed by atoms with van der Waals surface area (Å²) >= 11 is 0. The van der Waals surface area contributed by atoms with Gasteiger partial charge in [0.05, 0.1) is 18.1 Å². The summed E-state index contributed by atoms with van der Waals surface area (Å²) in [4.78, 5) is 21.8. The highest BCUT2D eigenvalue weighted by atomic mass is 16.5. The van der Waals surface area contributed by atoms with E-state index < -0.39 is 0 Å². The number of aromatic nitrogens is 2. The van der Waals surface area contributed by atoms with E-state index >= 15 is 0 Å². The maximum atomic E-state index is 12.5. The Hall–Kier alpha value is -3.99. The Morgan fingerprint density at radius 2 is 1.55 bits per heavy atom. The highest BCUT2D eigenvalue weighted by Crippen LogP contribution is 2.22. The van der Waals surface area contributed by atoms with Crippen LogP contribution in [0.4, 0.5) is 0 Å². The molecule has 0 N–H and O–H groups in total. The molecule has 5 heteroatoms. The van der Waals surface area contributed by atoms with Gasteiger partial charge in [0.15, 0.2) is 12.4 Å². The molecule has 0 saturated heterocycles. The molecule has 31 heavy (non-hydrogen) atoms. The van der Waals surface area contributed by atoms with E-state index in [-0.39, 0.29) is 12.4 Å². The lowest BCUT2D eigenvalue weighted by molar-refractivity contribution is 0.0918. The second-order valence-electron chi connectivity index (χ2n) is 7.09. The molecule has 0 unspecified atom stereocenters. The van der Waals surface area contributed by atoms with Gasteiger partial charge < -0.3 is 9.47 Å². The van der Waals surface area contributed by atoms with Crippen molar-refractivity contribution in [2.75, 3.05) is 13.7 Å². The number of para-hydroxylation sites is 2. The van der Waals surface area contributed by atoms with Gasteiger partial charge >= 0.3 is 0 Å². The Morgan fingerprint density at radius 1 is 0.871 bits per heavy atom. The summed E-state index contributed by atoms with van der Waals surface area (Å²) in [5.41, 5.74) is 4.72. The third-order valence-corrected chi connectivity index (χ3v) is 4.83. The van der Waals surface area contributed by atoms with Crippen LogP contribution in [0.2, 0.25) is 0 Å². The first-order valence-electron chi connectivity index (χ1n) is 9.94. The van der Waals surface area contributed by atoms with Crippen LogP contribution in [0.5, 0.6) is 11.6 Å². The van der Waals surface area contributed by atoms with Crippen LogP contribution in [0.1, 0.15) is 27.2 Å². The molecule has 4 rings (SSSR count). The van der Waals surface area contributed by atoms with Gasteiger partial charge in [-0.1, -0.05) is 60.2 Å². The Kier molecular flexibility index (Phi) is 6.03. The molecule has 0 fully saturated rings. The van der Waals surface area contributed by atoms with Gasteiger partial charge in [0, 0.05) is 5.56 Å². The lowest BCUT2D eigenvalue weighted by atomic mass is 10.1. The zero-order valence-corrected chi connectivity index (χ0v) is 17.4. The highest BCUT2D eigenvalue weighted by molar-refractivity contribution is 5.97. The molecular weight excluding hydrogens is 388 g/mol. The minimum absolute atomic E-state index is 0.111. The number of carbonyl (C=O) groups excluding carboxylic acids is 1. The molecule has 0 aliphatic rings. The fourth-order valence-electron chi connectivity index (χ4n) is 3.06. The molecule has 0 spiro atoms. The third-order valence-electron chi connectivity index (χ3n) is 4.83. The monoisotopic (exact) mass is 410 g/mol. The van der Waals surface area contributed by atoms with E-state index in [4.69, 9.17) is 9.47 Å². The number of methoxy groups -OCH3 is 1. The van der Waals surface area contributed by atoms with Crippen LogP contribution in [-0.2, 0) is 0 Å². The highest BCUT2D eigenvalue weighted by Gasteiger charge is 2.12. The molecule has 1 heterocycles. The van der Waals surface area contributed by atoms with Crippen molar-refractivity contribution in [3.8, 4) is 11.6 Å². The quantitative estimate of drug-likeness (QED) is 0.383. The van der Waals surface area contributed by atoms with E-state index in [1.165, 1.54) is 0 Å². The number of hydrogen-bond acceptors (Lipinski definition) is 5. The first-order valence-corrected chi connectivity index (χ1v) is 9.94. The molecule has 0 amide bonds. The van der Waals surface area contributed by atoms with Gasteiger partial charge in [-0.3, -0.25) is 4.79 Å². The Morgan fingerprint density at radius 3 is 2.23 bits per heavy atom.